The van der Waals surface area contributed by atoms with E-state index < -0.39 is 0 Å². The van der Waals surface area contributed by atoms with Gasteiger partial charge in [-0.2, -0.15) is 0 Å². The molecule has 1 aliphatic heterocycles. The minimum absolute atomic E-state index is 0.188. The van der Waals surface area contributed by atoms with Gasteiger partial charge in [-0.05, 0) is 48.7 Å². The molecule has 2 aromatic rings. The van der Waals surface area contributed by atoms with E-state index in [1.165, 1.54) is 0 Å². The lowest BCUT2D eigenvalue weighted by Gasteiger charge is -2.26. The monoisotopic (exact) mass is 428 g/mol. The summed E-state index contributed by atoms with van der Waals surface area (Å²) in [5.41, 5.74) is 2.60. The standard InChI is InChI=1S/C24H33FN4O2/c1-3-26-24(28-18-21-8-7-19(2)23(25)16-21)27-17-20-5-4-6-22(15-20)31-14-11-29-9-12-30-13-10-29/h4-8,15-16H,3,9-14,17-18H2,1-2H3,(H2,26,27,28). The first-order valence-electron chi connectivity index (χ1n) is 10.9. The van der Waals surface area contributed by atoms with Crippen LogP contribution >= 0.6 is 0 Å². The molecule has 1 aliphatic rings. The number of aryl methyl sites for hydroxylation is 1. The van der Waals surface area contributed by atoms with E-state index in [9.17, 15) is 4.39 Å². The summed E-state index contributed by atoms with van der Waals surface area (Å²) >= 11 is 0. The van der Waals surface area contributed by atoms with Gasteiger partial charge in [0.25, 0.3) is 0 Å². The molecule has 0 atom stereocenters. The molecule has 2 aromatic carbocycles. The maximum atomic E-state index is 13.8. The predicted molar refractivity (Wildman–Crippen MR) is 122 cm³/mol. The molecule has 0 amide bonds. The number of aliphatic imine (C=N–C) groups is 1. The summed E-state index contributed by atoms with van der Waals surface area (Å²) in [4.78, 5) is 7.01. The number of nitrogens with one attached hydrogen (secondary N) is 2. The summed E-state index contributed by atoms with van der Waals surface area (Å²) in [6.07, 6.45) is 0. The van der Waals surface area contributed by atoms with Crippen LogP contribution in [0.15, 0.2) is 47.5 Å². The molecule has 0 unspecified atom stereocenters. The van der Waals surface area contributed by atoms with Crippen LogP contribution in [0, 0.1) is 12.7 Å². The first-order valence-corrected chi connectivity index (χ1v) is 10.9. The predicted octanol–water partition coefficient (Wildman–Crippen LogP) is 3.10. The molecule has 168 valence electrons. The number of hydrogen-bond acceptors (Lipinski definition) is 4. The smallest absolute Gasteiger partial charge is 0.191 e. The van der Waals surface area contributed by atoms with E-state index in [-0.39, 0.29) is 5.82 Å². The summed E-state index contributed by atoms with van der Waals surface area (Å²) in [5, 5.41) is 6.50. The number of halogens is 1. The second-order valence-corrected chi connectivity index (χ2v) is 7.58. The van der Waals surface area contributed by atoms with E-state index in [0.717, 1.165) is 56.3 Å². The third-order valence-electron chi connectivity index (χ3n) is 5.14. The van der Waals surface area contributed by atoms with Crippen molar-refractivity contribution in [2.45, 2.75) is 26.9 Å². The molecule has 7 heteroatoms. The molecule has 0 bridgehead atoms. The molecule has 0 spiro atoms. The van der Waals surface area contributed by atoms with E-state index >= 15 is 0 Å². The largest absolute Gasteiger partial charge is 0.492 e. The average Bonchev–Trinajstić information content (AvgIpc) is 2.79. The Morgan fingerprint density at radius 1 is 1.13 bits per heavy atom. The van der Waals surface area contributed by atoms with E-state index in [0.29, 0.717) is 31.2 Å². The minimum atomic E-state index is -0.188. The Balaban J connectivity index is 1.51. The van der Waals surface area contributed by atoms with Crippen molar-refractivity contribution in [3.63, 3.8) is 0 Å². The van der Waals surface area contributed by atoms with Crippen molar-refractivity contribution in [3.8, 4) is 5.75 Å². The van der Waals surface area contributed by atoms with E-state index in [2.05, 4.69) is 20.5 Å². The first-order chi connectivity index (χ1) is 15.1. The van der Waals surface area contributed by atoms with E-state index in [1.807, 2.05) is 37.3 Å². The number of guanidine groups is 1. The van der Waals surface area contributed by atoms with Crippen LogP contribution < -0.4 is 15.4 Å². The van der Waals surface area contributed by atoms with Gasteiger partial charge >= 0.3 is 0 Å². The maximum Gasteiger partial charge on any atom is 0.191 e. The molecule has 2 N–H and O–H groups in total. The van der Waals surface area contributed by atoms with E-state index in [4.69, 9.17) is 9.47 Å². The summed E-state index contributed by atoms with van der Waals surface area (Å²) in [5.74, 6) is 1.36. The Bertz CT molecular complexity index is 853. The average molecular weight is 429 g/mol. The fraction of sp³-hybridized carbons (Fsp3) is 0.458. The van der Waals surface area contributed by atoms with Gasteiger partial charge in [-0.3, -0.25) is 4.90 Å². The quantitative estimate of drug-likeness (QED) is 0.475. The number of morpholine rings is 1. The molecule has 0 aliphatic carbocycles. The second kappa shape index (κ2) is 12.3. The number of nitrogens with zero attached hydrogens (tertiary/aromatic N) is 2. The molecule has 0 saturated carbocycles. The molecule has 3 rings (SSSR count). The SMILES string of the molecule is CCNC(=NCc1cccc(OCCN2CCOCC2)c1)NCc1ccc(C)c(F)c1. The highest BCUT2D eigenvalue weighted by atomic mass is 19.1. The lowest BCUT2D eigenvalue weighted by molar-refractivity contribution is 0.0322. The summed E-state index contributed by atoms with van der Waals surface area (Å²) in [6.45, 7) is 10.7. The van der Waals surface area contributed by atoms with Crippen molar-refractivity contribution in [1.29, 1.82) is 0 Å². The van der Waals surface area contributed by atoms with Crippen LogP contribution in [0.25, 0.3) is 0 Å². The van der Waals surface area contributed by atoms with Crippen LogP contribution in [0.2, 0.25) is 0 Å². The lowest BCUT2D eigenvalue weighted by atomic mass is 10.1. The third-order valence-corrected chi connectivity index (χ3v) is 5.14. The second-order valence-electron chi connectivity index (χ2n) is 7.58. The normalized spacial score (nSPS) is 15.0. The Morgan fingerprint density at radius 3 is 2.74 bits per heavy atom. The summed E-state index contributed by atoms with van der Waals surface area (Å²) < 4.78 is 25.1. The van der Waals surface area contributed by atoms with Gasteiger partial charge < -0.3 is 20.1 Å². The number of hydrogen-bond donors (Lipinski definition) is 2. The summed E-state index contributed by atoms with van der Waals surface area (Å²) in [7, 11) is 0. The fourth-order valence-corrected chi connectivity index (χ4v) is 3.30. The van der Waals surface area contributed by atoms with Gasteiger partial charge in [-0.25, -0.2) is 9.38 Å². The highest BCUT2D eigenvalue weighted by Crippen LogP contribution is 2.14. The Hall–Kier alpha value is -2.64. The molecule has 6 nitrogen and oxygen atoms in total. The Labute approximate surface area is 184 Å². The van der Waals surface area contributed by atoms with E-state index in [1.54, 1.807) is 19.1 Å². The molecular weight excluding hydrogens is 395 g/mol. The van der Waals surface area contributed by atoms with Gasteiger partial charge in [-0.1, -0.05) is 24.3 Å². The molecule has 31 heavy (non-hydrogen) atoms. The van der Waals surface area contributed by atoms with Crippen molar-refractivity contribution < 1.29 is 13.9 Å². The lowest BCUT2D eigenvalue weighted by Crippen LogP contribution is -2.38. The summed E-state index contributed by atoms with van der Waals surface area (Å²) in [6, 6.07) is 13.3. The third kappa shape index (κ3) is 7.84. The Kier molecular flexibility index (Phi) is 9.12. The fourth-order valence-electron chi connectivity index (χ4n) is 3.30. The molecular formula is C24H33FN4O2. The van der Waals surface area contributed by atoms with Crippen LogP contribution in [0.5, 0.6) is 5.75 Å². The van der Waals surface area contributed by atoms with Crippen LogP contribution in [0.3, 0.4) is 0 Å². The topological polar surface area (TPSA) is 58.1 Å². The van der Waals surface area contributed by atoms with Crippen molar-refractivity contribution in [1.82, 2.24) is 15.5 Å². The molecule has 1 fully saturated rings. The maximum absolute atomic E-state index is 13.8. The molecule has 0 radical (unpaired) electrons. The van der Waals surface area contributed by atoms with Crippen molar-refractivity contribution in [2.75, 3.05) is 46.0 Å². The van der Waals surface area contributed by atoms with Gasteiger partial charge in [0, 0.05) is 32.7 Å². The zero-order chi connectivity index (χ0) is 21.9. The number of ether oxygens (including phenoxy) is 2. The Morgan fingerprint density at radius 2 is 1.97 bits per heavy atom. The highest BCUT2D eigenvalue weighted by Gasteiger charge is 2.09. The van der Waals surface area contributed by atoms with Gasteiger partial charge in [0.2, 0.25) is 0 Å². The van der Waals surface area contributed by atoms with Crippen LogP contribution in [-0.2, 0) is 17.8 Å². The van der Waals surface area contributed by atoms with Crippen LogP contribution in [0.1, 0.15) is 23.6 Å². The van der Waals surface area contributed by atoms with Crippen LogP contribution in [-0.4, -0.2) is 56.9 Å². The van der Waals surface area contributed by atoms with Crippen molar-refractivity contribution in [2.24, 2.45) is 4.99 Å². The van der Waals surface area contributed by atoms with Crippen molar-refractivity contribution >= 4 is 5.96 Å². The number of rotatable bonds is 9. The molecule has 1 saturated heterocycles. The van der Waals surface area contributed by atoms with Gasteiger partial charge in [-0.15, -0.1) is 0 Å². The molecule has 1 heterocycles. The molecule has 0 aromatic heterocycles. The van der Waals surface area contributed by atoms with Gasteiger partial charge in [0.1, 0.15) is 18.2 Å². The van der Waals surface area contributed by atoms with Gasteiger partial charge in [0.05, 0.1) is 19.8 Å². The highest BCUT2D eigenvalue weighted by molar-refractivity contribution is 5.79. The van der Waals surface area contributed by atoms with Crippen molar-refractivity contribution in [3.05, 3.63) is 65.0 Å². The first kappa shape index (κ1) is 23.0. The zero-order valence-electron chi connectivity index (χ0n) is 18.5. The van der Waals surface area contributed by atoms with Gasteiger partial charge in [0.15, 0.2) is 5.96 Å². The number of benzene rings is 2. The van der Waals surface area contributed by atoms with Crippen LogP contribution in [0.4, 0.5) is 4.39 Å². The minimum Gasteiger partial charge on any atom is -0.492 e. The zero-order valence-corrected chi connectivity index (χ0v) is 18.5.